The average Bonchev–Trinajstić information content (AvgIpc) is 3.06. The highest BCUT2D eigenvalue weighted by Crippen LogP contribution is 2.21. The molecule has 1 fully saturated rings. The van der Waals surface area contributed by atoms with Crippen molar-refractivity contribution in [2.75, 3.05) is 6.61 Å². The lowest BCUT2D eigenvalue weighted by Crippen LogP contribution is -2.14. The smallest absolute Gasteiger partial charge is 0.124 e. The van der Waals surface area contributed by atoms with Gasteiger partial charge >= 0.3 is 0 Å². The van der Waals surface area contributed by atoms with Crippen molar-refractivity contribution in [3.8, 4) is 0 Å². The molecule has 0 amide bonds. The first kappa shape index (κ1) is 12.9. The summed E-state index contributed by atoms with van der Waals surface area (Å²) < 4.78 is 8.06. The normalized spacial score (nSPS) is 16.5. The summed E-state index contributed by atoms with van der Waals surface area (Å²) >= 11 is 5.97. The van der Waals surface area contributed by atoms with Crippen LogP contribution in [0.3, 0.4) is 0 Å². The summed E-state index contributed by atoms with van der Waals surface area (Å²) in [4.78, 5) is 8.59. The van der Waals surface area contributed by atoms with Crippen LogP contribution in [0, 0.1) is 0 Å². The summed E-state index contributed by atoms with van der Waals surface area (Å²) in [5.74, 6) is 1.30. The predicted octanol–water partition coefficient (Wildman–Crippen LogP) is 3.13. The molecule has 2 aromatic heterocycles. The van der Waals surface area contributed by atoms with Crippen molar-refractivity contribution in [3.63, 3.8) is 0 Å². The minimum Gasteiger partial charge on any atom is -0.376 e. The van der Waals surface area contributed by atoms with E-state index >= 15 is 0 Å². The average molecular weight is 280 g/mol. The van der Waals surface area contributed by atoms with E-state index in [9.17, 15) is 0 Å². The van der Waals surface area contributed by atoms with Crippen LogP contribution in [0.25, 0.3) is 11.0 Å². The SMILES string of the molecule is ClCc1nc2cnccc2n1CCOC1CCCC1. The fourth-order valence-electron chi connectivity index (χ4n) is 2.75. The van der Waals surface area contributed by atoms with Crippen molar-refractivity contribution in [1.82, 2.24) is 14.5 Å². The van der Waals surface area contributed by atoms with Gasteiger partial charge in [0.2, 0.25) is 0 Å². The molecule has 0 atom stereocenters. The zero-order valence-electron chi connectivity index (χ0n) is 10.9. The molecular weight excluding hydrogens is 262 g/mol. The lowest BCUT2D eigenvalue weighted by Gasteiger charge is -2.12. The molecule has 0 unspecified atom stereocenters. The minimum absolute atomic E-state index is 0.415. The number of ether oxygens (including phenoxy) is 1. The highest BCUT2D eigenvalue weighted by Gasteiger charge is 2.16. The maximum Gasteiger partial charge on any atom is 0.124 e. The molecule has 0 saturated heterocycles. The second-order valence-electron chi connectivity index (χ2n) is 4.95. The fraction of sp³-hybridized carbons (Fsp3) is 0.571. The summed E-state index contributed by atoms with van der Waals surface area (Å²) in [6, 6.07) is 1.98. The van der Waals surface area contributed by atoms with Crippen molar-refractivity contribution >= 4 is 22.6 Å². The molecule has 0 aromatic carbocycles. The number of rotatable bonds is 5. The van der Waals surface area contributed by atoms with Gasteiger partial charge in [-0.15, -0.1) is 11.6 Å². The van der Waals surface area contributed by atoms with E-state index in [-0.39, 0.29) is 0 Å². The number of nitrogens with zero attached hydrogens (tertiary/aromatic N) is 3. The Bertz CT molecular complexity index is 549. The molecule has 1 aliphatic rings. The largest absolute Gasteiger partial charge is 0.376 e. The lowest BCUT2D eigenvalue weighted by molar-refractivity contribution is 0.0532. The number of pyridine rings is 1. The van der Waals surface area contributed by atoms with Crippen LogP contribution in [0.5, 0.6) is 0 Å². The quantitative estimate of drug-likeness (QED) is 0.790. The summed E-state index contributed by atoms with van der Waals surface area (Å²) in [6.07, 6.45) is 9.04. The van der Waals surface area contributed by atoms with E-state index < -0.39 is 0 Å². The topological polar surface area (TPSA) is 39.9 Å². The van der Waals surface area contributed by atoms with Gasteiger partial charge in [-0.3, -0.25) is 4.98 Å². The molecule has 0 bridgehead atoms. The molecule has 1 aliphatic carbocycles. The van der Waals surface area contributed by atoms with Gasteiger partial charge in [0.1, 0.15) is 11.3 Å². The van der Waals surface area contributed by atoms with Crippen LogP contribution < -0.4 is 0 Å². The molecule has 0 N–H and O–H groups in total. The van der Waals surface area contributed by atoms with Gasteiger partial charge in [-0.25, -0.2) is 4.98 Å². The van der Waals surface area contributed by atoms with Crippen LogP contribution in [0.1, 0.15) is 31.5 Å². The van der Waals surface area contributed by atoms with Gasteiger partial charge in [0.05, 0.1) is 30.3 Å². The van der Waals surface area contributed by atoms with Gasteiger partial charge in [-0.2, -0.15) is 0 Å². The number of imidazole rings is 1. The Hall–Kier alpha value is -1.13. The number of alkyl halides is 1. The van der Waals surface area contributed by atoms with Crippen LogP contribution in [0.4, 0.5) is 0 Å². The zero-order valence-corrected chi connectivity index (χ0v) is 11.6. The van der Waals surface area contributed by atoms with Crippen molar-refractivity contribution < 1.29 is 4.74 Å². The van der Waals surface area contributed by atoms with Crippen LogP contribution in [-0.2, 0) is 17.2 Å². The van der Waals surface area contributed by atoms with Crippen molar-refractivity contribution in [3.05, 3.63) is 24.3 Å². The Labute approximate surface area is 117 Å². The number of fused-ring (bicyclic) bond motifs is 1. The van der Waals surface area contributed by atoms with E-state index in [1.165, 1.54) is 25.7 Å². The highest BCUT2D eigenvalue weighted by atomic mass is 35.5. The first-order valence-electron chi connectivity index (χ1n) is 6.85. The van der Waals surface area contributed by atoms with Crippen molar-refractivity contribution in [2.24, 2.45) is 0 Å². The second-order valence-corrected chi connectivity index (χ2v) is 5.22. The number of halogens is 1. The van der Waals surface area contributed by atoms with Gasteiger partial charge in [-0.05, 0) is 18.9 Å². The van der Waals surface area contributed by atoms with Gasteiger partial charge < -0.3 is 9.30 Å². The lowest BCUT2D eigenvalue weighted by atomic mass is 10.3. The minimum atomic E-state index is 0.415. The third-order valence-corrected chi connectivity index (χ3v) is 3.96. The third kappa shape index (κ3) is 2.74. The third-order valence-electron chi connectivity index (χ3n) is 3.72. The molecule has 1 saturated carbocycles. The summed E-state index contributed by atoms with van der Waals surface area (Å²) in [5.41, 5.74) is 1.99. The molecule has 0 spiro atoms. The molecule has 19 heavy (non-hydrogen) atoms. The van der Waals surface area contributed by atoms with Crippen molar-refractivity contribution in [2.45, 2.75) is 44.2 Å². The molecule has 2 aromatic rings. The molecule has 2 heterocycles. The Morgan fingerprint density at radius 1 is 1.37 bits per heavy atom. The maximum absolute atomic E-state index is 5.97. The molecular formula is C14H18ClN3O. The van der Waals surface area contributed by atoms with Crippen LogP contribution in [0.15, 0.2) is 18.5 Å². The first-order chi connectivity index (χ1) is 9.38. The van der Waals surface area contributed by atoms with Gasteiger partial charge in [0.25, 0.3) is 0 Å². The maximum atomic E-state index is 5.97. The number of aromatic nitrogens is 3. The molecule has 0 aliphatic heterocycles. The standard InChI is InChI=1S/C14H18ClN3O/c15-9-14-17-12-10-16-6-5-13(12)18(14)7-8-19-11-3-1-2-4-11/h5-6,10-11H,1-4,7-9H2. The number of hydrogen-bond donors (Lipinski definition) is 0. The van der Waals surface area contributed by atoms with E-state index in [0.29, 0.717) is 12.0 Å². The van der Waals surface area contributed by atoms with E-state index in [1.807, 2.05) is 6.07 Å². The zero-order chi connectivity index (χ0) is 13.1. The van der Waals surface area contributed by atoms with Crippen LogP contribution >= 0.6 is 11.6 Å². The summed E-state index contributed by atoms with van der Waals surface area (Å²) in [7, 11) is 0. The Morgan fingerprint density at radius 3 is 3.00 bits per heavy atom. The van der Waals surface area contributed by atoms with E-state index in [0.717, 1.165) is 30.0 Å². The Balaban J connectivity index is 1.71. The van der Waals surface area contributed by atoms with Gasteiger partial charge in [0, 0.05) is 12.7 Å². The molecule has 102 valence electrons. The number of hydrogen-bond acceptors (Lipinski definition) is 3. The van der Waals surface area contributed by atoms with Gasteiger partial charge in [0.15, 0.2) is 0 Å². The molecule has 4 nitrogen and oxygen atoms in total. The Kier molecular flexibility index (Phi) is 3.99. The predicted molar refractivity (Wildman–Crippen MR) is 75.3 cm³/mol. The van der Waals surface area contributed by atoms with Crippen LogP contribution in [-0.4, -0.2) is 27.2 Å². The highest BCUT2D eigenvalue weighted by molar-refractivity contribution is 6.16. The van der Waals surface area contributed by atoms with E-state index in [4.69, 9.17) is 16.3 Å². The van der Waals surface area contributed by atoms with Gasteiger partial charge in [-0.1, -0.05) is 12.8 Å². The monoisotopic (exact) mass is 279 g/mol. The first-order valence-corrected chi connectivity index (χ1v) is 7.38. The summed E-state index contributed by atoms with van der Waals surface area (Å²) in [5, 5.41) is 0. The van der Waals surface area contributed by atoms with E-state index in [1.54, 1.807) is 12.4 Å². The fourth-order valence-corrected chi connectivity index (χ4v) is 2.95. The summed E-state index contributed by atoms with van der Waals surface area (Å²) in [6.45, 7) is 1.53. The van der Waals surface area contributed by atoms with Crippen molar-refractivity contribution in [1.29, 1.82) is 0 Å². The molecule has 0 radical (unpaired) electrons. The second kappa shape index (κ2) is 5.88. The molecule has 5 heteroatoms. The molecule has 3 rings (SSSR count). The van der Waals surface area contributed by atoms with Crippen LogP contribution in [0.2, 0.25) is 0 Å². The Morgan fingerprint density at radius 2 is 2.21 bits per heavy atom. The van der Waals surface area contributed by atoms with E-state index in [2.05, 4.69) is 14.5 Å².